The summed E-state index contributed by atoms with van der Waals surface area (Å²) in [7, 11) is 1.24. The maximum Gasteiger partial charge on any atom is 0.265 e. The summed E-state index contributed by atoms with van der Waals surface area (Å²) in [5.41, 5.74) is 0. The normalized spacial score (nSPS) is 32.7. The zero-order chi connectivity index (χ0) is 16.4. The molecule has 5 nitrogen and oxygen atoms in total. The van der Waals surface area contributed by atoms with E-state index >= 15 is 0 Å². The molecule has 0 amide bonds. The fourth-order valence-electron chi connectivity index (χ4n) is 3.54. The second-order valence-electron chi connectivity index (χ2n) is 7.58. The number of nitrogens with zero attached hydrogens (tertiary/aromatic N) is 1. The number of rotatable bonds is 7. The summed E-state index contributed by atoms with van der Waals surface area (Å²) in [5, 5.41) is 0.127. The van der Waals surface area contributed by atoms with Gasteiger partial charge in [0.2, 0.25) is 0 Å². The van der Waals surface area contributed by atoms with E-state index in [1.807, 2.05) is 28.1 Å². The molecule has 21 heavy (non-hydrogen) atoms. The molecule has 0 heterocycles. The van der Waals surface area contributed by atoms with Gasteiger partial charge in [-0.1, -0.05) is 6.92 Å². The van der Waals surface area contributed by atoms with E-state index in [4.69, 9.17) is 21.0 Å². The summed E-state index contributed by atoms with van der Waals surface area (Å²) in [6, 6.07) is 0. The second kappa shape index (κ2) is 7.29. The van der Waals surface area contributed by atoms with Crippen molar-refractivity contribution in [3.8, 4) is 0 Å². The van der Waals surface area contributed by atoms with Gasteiger partial charge in [-0.25, -0.2) is 0 Å². The van der Waals surface area contributed by atoms with Gasteiger partial charge in [-0.2, -0.15) is 0 Å². The highest BCUT2D eigenvalue weighted by molar-refractivity contribution is 7.44. The number of likely N-dealkylation sites (N-methyl/N-ethyl adjacent to an activating group) is 1. The van der Waals surface area contributed by atoms with Crippen LogP contribution in [0.3, 0.4) is 0 Å². The van der Waals surface area contributed by atoms with Crippen LogP contribution in [0.25, 0.3) is 0 Å². The van der Waals surface area contributed by atoms with Crippen LogP contribution in [0, 0.1) is 17.8 Å². The number of phosphoric ester groups is 1. The lowest BCUT2D eigenvalue weighted by molar-refractivity contribution is -0.873. The van der Waals surface area contributed by atoms with Gasteiger partial charge in [0.15, 0.2) is 0 Å². The first-order chi connectivity index (χ1) is 9.37. The van der Waals surface area contributed by atoms with Crippen LogP contribution in [0.2, 0.25) is 0 Å². The maximum absolute atomic E-state index is 11.2. The summed E-state index contributed by atoms with van der Waals surface area (Å²) >= 11 is 6.08. The Balaban J connectivity index is 2.80. The highest BCUT2D eigenvalue weighted by Gasteiger charge is 2.40. The number of hydrogen-bond donors (Lipinski definition) is 1. The van der Waals surface area contributed by atoms with E-state index in [0.29, 0.717) is 22.9 Å². The molecular weight excluding hydrogens is 313 g/mol. The first-order valence-electron chi connectivity index (χ1n) is 7.54. The molecule has 6 unspecified atom stereocenters. The van der Waals surface area contributed by atoms with Crippen LogP contribution in [0.1, 0.15) is 33.1 Å². The largest absolute Gasteiger partial charge is 0.756 e. The van der Waals surface area contributed by atoms with Crippen molar-refractivity contribution in [3.05, 3.63) is 0 Å². The molecule has 1 N–H and O–H groups in total. The fourth-order valence-corrected chi connectivity index (χ4v) is 4.36. The average molecular weight is 342 g/mol. The Morgan fingerprint density at radius 2 is 2.00 bits per heavy atom. The highest BCUT2D eigenvalue weighted by Crippen LogP contribution is 2.45. The third-order valence-electron chi connectivity index (χ3n) is 4.17. The molecular formula is C14H29ClNO4P. The zero-order valence-corrected chi connectivity index (χ0v) is 15.3. The first kappa shape index (κ1) is 19.4. The summed E-state index contributed by atoms with van der Waals surface area (Å²) in [6.45, 7) is 4.66. The predicted molar refractivity (Wildman–Crippen MR) is 82.9 cm³/mol. The van der Waals surface area contributed by atoms with E-state index < -0.39 is 13.9 Å². The maximum atomic E-state index is 11.2. The molecule has 1 aliphatic rings. The summed E-state index contributed by atoms with van der Waals surface area (Å²) < 4.78 is 16.8. The predicted octanol–water partition coefficient (Wildman–Crippen LogP) is 2.22. The monoisotopic (exact) mass is 341 g/mol. The van der Waals surface area contributed by atoms with Crippen molar-refractivity contribution in [1.82, 2.24) is 0 Å². The summed E-state index contributed by atoms with van der Waals surface area (Å²) in [4.78, 5) is 20.3. The quantitative estimate of drug-likeness (QED) is 0.438. The third kappa shape index (κ3) is 7.45. The minimum absolute atomic E-state index is 0.127. The van der Waals surface area contributed by atoms with E-state index in [-0.39, 0.29) is 11.3 Å². The van der Waals surface area contributed by atoms with Crippen LogP contribution < -0.4 is 4.89 Å². The molecule has 1 saturated carbocycles. The number of halogens is 1. The third-order valence-corrected chi connectivity index (χ3v) is 4.89. The molecule has 0 bridgehead atoms. The van der Waals surface area contributed by atoms with Gasteiger partial charge in [-0.05, 0) is 43.9 Å². The zero-order valence-electron chi connectivity index (χ0n) is 13.7. The highest BCUT2D eigenvalue weighted by atomic mass is 35.5. The van der Waals surface area contributed by atoms with Gasteiger partial charge in [0.05, 0.1) is 21.1 Å². The molecule has 1 fully saturated rings. The Hall–Kier alpha value is 0.360. The van der Waals surface area contributed by atoms with Crippen LogP contribution in [0.5, 0.6) is 0 Å². The van der Waals surface area contributed by atoms with Crippen molar-refractivity contribution in [2.45, 2.75) is 44.6 Å². The Labute approximate surface area is 133 Å². The van der Waals surface area contributed by atoms with Crippen LogP contribution >= 0.6 is 19.4 Å². The van der Waals surface area contributed by atoms with Crippen molar-refractivity contribution in [1.29, 1.82) is 0 Å². The summed E-state index contributed by atoms with van der Waals surface area (Å²) in [6.07, 6.45) is 2.40. The van der Waals surface area contributed by atoms with E-state index in [9.17, 15) is 9.46 Å². The Bertz CT molecular complexity index is 380. The summed E-state index contributed by atoms with van der Waals surface area (Å²) in [5.74, 6) is 1.01. The van der Waals surface area contributed by atoms with E-state index in [2.05, 4.69) is 6.92 Å². The topological polar surface area (TPSA) is 69.6 Å². The number of quaternary nitrogens is 1. The van der Waals surface area contributed by atoms with Gasteiger partial charge in [0.25, 0.3) is 7.82 Å². The molecule has 7 heteroatoms. The lowest BCUT2D eigenvalue weighted by atomic mass is 9.91. The van der Waals surface area contributed by atoms with Gasteiger partial charge in [-0.15, -0.1) is 11.6 Å². The van der Waals surface area contributed by atoms with Crippen molar-refractivity contribution in [3.63, 3.8) is 0 Å². The smallest absolute Gasteiger partial charge is 0.265 e. The molecule has 6 atom stereocenters. The Morgan fingerprint density at radius 1 is 1.43 bits per heavy atom. The molecule has 1 rings (SSSR count). The second-order valence-corrected chi connectivity index (χ2v) is 9.47. The van der Waals surface area contributed by atoms with Gasteiger partial charge in [0, 0.05) is 5.38 Å². The molecule has 0 aromatic heterocycles. The number of phosphoric acid groups is 1. The molecule has 0 spiro atoms. The minimum atomic E-state index is -4.72. The van der Waals surface area contributed by atoms with Crippen LogP contribution in [0.15, 0.2) is 0 Å². The molecule has 126 valence electrons. The SMILES string of the molecule is CC(Cl)CC1CC(C)C(C(C[N+](C)(C)C)OP(=O)([O-])O)C1. The molecule has 0 aliphatic heterocycles. The van der Waals surface area contributed by atoms with E-state index in [0.717, 1.165) is 19.3 Å². The standard InChI is InChI=1S/C14H29ClNO4P/c1-10-6-12(7-11(2)15)8-13(10)14(9-16(3,4)5)20-21(17,18)19/h10-14H,6-9H2,1-5H3,(H-,17,18,19). The first-order valence-corrected chi connectivity index (χ1v) is 9.47. The fraction of sp³-hybridized carbons (Fsp3) is 1.00. The van der Waals surface area contributed by atoms with Crippen LogP contribution in [-0.2, 0) is 9.09 Å². The van der Waals surface area contributed by atoms with Crippen molar-refractivity contribution in [2.75, 3.05) is 27.7 Å². The Morgan fingerprint density at radius 3 is 2.43 bits per heavy atom. The van der Waals surface area contributed by atoms with Crippen molar-refractivity contribution >= 4 is 19.4 Å². The van der Waals surface area contributed by atoms with E-state index in [1.165, 1.54) is 0 Å². The minimum Gasteiger partial charge on any atom is -0.756 e. The van der Waals surface area contributed by atoms with Crippen molar-refractivity contribution < 1.29 is 23.4 Å². The average Bonchev–Trinajstić information content (AvgIpc) is 2.52. The number of hydrogen-bond acceptors (Lipinski definition) is 3. The lowest BCUT2D eigenvalue weighted by Crippen LogP contribution is -2.45. The number of alkyl halides is 1. The van der Waals surface area contributed by atoms with E-state index in [1.54, 1.807) is 0 Å². The molecule has 0 saturated heterocycles. The van der Waals surface area contributed by atoms with Crippen molar-refractivity contribution in [2.24, 2.45) is 17.8 Å². The van der Waals surface area contributed by atoms with Crippen LogP contribution in [-0.4, -0.2) is 48.5 Å². The molecule has 0 aromatic carbocycles. The van der Waals surface area contributed by atoms with Gasteiger partial charge >= 0.3 is 0 Å². The van der Waals surface area contributed by atoms with Gasteiger partial charge in [-0.3, -0.25) is 4.57 Å². The van der Waals surface area contributed by atoms with Crippen LogP contribution in [0.4, 0.5) is 0 Å². The van der Waals surface area contributed by atoms with Gasteiger partial charge < -0.3 is 18.8 Å². The lowest BCUT2D eigenvalue weighted by Gasteiger charge is -2.35. The molecule has 0 radical (unpaired) electrons. The Kier molecular flexibility index (Phi) is 6.73. The molecule has 0 aromatic rings. The molecule has 1 aliphatic carbocycles. The van der Waals surface area contributed by atoms with Gasteiger partial charge in [0.1, 0.15) is 12.6 Å².